The zero-order valence-electron chi connectivity index (χ0n) is 18.8. The Morgan fingerprint density at radius 3 is 2.47 bits per heavy atom. The van der Waals surface area contributed by atoms with Crippen LogP contribution in [0.25, 0.3) is 0 Å². The van der Waals surface area contributed by atoms with Crippen LogP contribution in [0.5, 0.6) is 0 Å². The van der Waals surface area contributed by atoms with Crippen molar-refractivity contribution in [3.05, 3.63) is 23.8 Å². The fourth-order valence-corrected chi connectivity index (χ4v) is 8.62. The standard InChI is InChI=1S/C25H32O5/c1-13-9-20-19-10-14(2)24(15(3)26,29-16(4)27)23(19,6)12-21-25(20,30-21)22(5)8-7-17(28)11-18(13)22/h7-8,11,13-14,19-21H,9-10,12H2,1-6H3/t13?,14?,19-,20-,21?,22-,23-,24-,25-/m0/s1. The lowest BCUT2D eigenvalue weighted by molar-refractivity contribution is -0.189. The highest BCUT2D eigenvalue weighted by Crippen LogP contribution is 2.77. The van der Waals surface area contributed by atoms with Crippen molar-refractivity contribution in [1.29, 1.82) is 0 Å². The lowest BCUT2D eigenvalue weighted by Gasteiger charge is -2.57. The molecule has 1 saturated heterocycles. The van der Waals surface area contributed by atoms with Crippen LogP contribution in [0.1, 0.15) is 60.8 Å². The maximum Gasteiger partial charge on any atom is 0.303 e. The smallest absolute Gasteiger partial charge is 0.303 e. The number of epoxide rings is 1. The van der Waals surface area contributed by atoms with Crippen LogP contribution in [0.4, 0.5) is 0 Å². The molecular weight excluding hydrogens is 380 g/mol. The number of ether oxygens (including phenoxy) is 2. The van der Waals surface area contributed by atoms with E-state index >= 15 is 0 Å². The molecule has 3 unspecified atom stereocenters. The van der Waals surface area contributed by atoms with E-state index in [4.69, 9.17) is 9.47 Å². The number of carbonyl (C=O) groups excluding carboxylic acids is 3. The fourth-order valence-electron chi connectivity index (χ4n) is 8.62. The molecule has 5 aliphatic rings. The summed E-state index contributed by atoms with van der Waals surface area (Å²) in [6.45, 7) is 11.6. The number of fused-ring (bicyclic) bond motifs is 3. The predicted molar refractivity (Wildman–Crippen MR) is 110 cm³/mol. The van der Waals surface area contributed by atoms with Crippen LogP contribution >= 0.6 is 0 Å². The second kappa shape index (κ2) is 5.73. The predicted octanol–water partition coefficient (Wildman–Crippen LogP) is 3.81. The Hall–Kier alpha value is -1.75. The molecule has 1 heterocycles. The van der Waals surface area contributed by atoms with Crippen LogP contribution in [-0.2, 0) is 23.9 Å². The molecule has 0 aromatic carbocycles. The van der Waals surface area contributed by atoms with Gasteiger partial charge in [0.15, 0.2) is 17.2 Å². The third-order valence-corrected chi connectivity index (χ3v) is 9.63. The van der Waals surface area contributed by atoms with Crippen LogP contribution < -0.4 is 0 Å². The maximum absolute atomic E-state index is 13.1. The van der Waals surface area contributed by atoms with Crippen molar-refractivity contribution in [2.75, 3.05) is 0 Å². The van der Waals surface area contributed by atoms with Crippen molar-refractivity contribution in [2.24, 2.45) is 34.5 Å². The van der Waals surface area contributed by atoms with Gasteiger partial charge in [0.1, 0.15) is 5.60 Å². The monoisotopic (exact) mass is 412 g/mol. The zero-order chi connectivity index (χ0) is 21.9. The van der Waals surface area contributed by atoms with Crippen LogP contribution in [0, 0.1) is 34.5 Å². The topological polar surface area (TPSA) is 73.0 Å². The zero-order valence-corrected chi connectivity index (χ0v) is 18.8. The summed E-state index contributed by atoms with van der Waals surface area (Å²) >= 11 is 0. The second-order valence-electron chi connectivity index (χ2n) is 10.9. The van der Waals surface area contributed by atoms with Crippen LogP contribution in [-0.4, -0.2) is 34.8 Å². The van der Waals surface area contributed by atoms with Gasteiger partial charge in [0.05, 0.1) is 6.10 Å². The Morgan fingerprint density at radius 1 is 1.13 bits per heavy atom. The molecule has 4 aliphatic carbocycles. The highest BCUT2D eigenvalue weighted by atomic mass is 16.6. The molecular formula is C25H32O5. The molecule has 30 heavy (non-hydrogen) atoms. The minimum Gasteiger partial charge on any atom is -0.450 e. The molecule has 0 radical (unpaired) electrons. The number of hydrogen-bond donors (Lipinski definition) is 0. The fraction of sp³-hybridized carbons (Fsp3) is 0.720. The van der Waals surface area contributed by atoms with Gasteiger partial charge >= 0.3 is 5.97 Å². The average molecular weight is 413 g/mol. The minimum atomic E-state index is -1.10. The first-order valence-electron chi connectivity index (χ1n) is 11.3. The van der Waals surface area contributed by atoms with E-state index in [0.29, 0.717) is 6.42 Å². The maximum atomic E-state index is 13.1. The molecule has 4 fully saturated rings. The van der Waals surface area contributed by atoms with Crippen molar-refractivity contribution < 1.29 is 23.9 Å². The molecule has 5 rings (SSSR count). The Morgan fingerprint density at radius 2 is 1.83 bits per heavy atom. The summed E-state index contributed by atoms with van der Waals surface area (Å²) in [4.78, 5) is 37.3. The van der Waals surface area contributed by atoms with Crippen molar-refractivity contribution in [3.8, 4) is 0 Å². The molecule has 5 heteroatoms. The summed E-state index contributed by atoms with van der Waals surface area (Å²) in [5.74, 6) is 0.325. The first-order valence-corrected chi connectivity index (χ1v) is 11.3. The van der Waals surface area contributed by atoms with Crippen molar-refractivity contribution >= 4 is 17.5 Å². The average Bonchev–Trinajstić information content (AvgIpc) is 3.32. The Kier molecular flexibility index (Phi) is 3.85. The SMILES string of the molecule is CC(=O)O[C@]1(C(C)=O)C(C)C[C@H]2[C@@H]3CC(C)C4=CC(=O)C=C[C@]4(C)[C@]34OC4C[C@@]21C. The highest BCUT2D eigenvalue weighted by Gasteiger charge is 2.83. The van der Waals surface area contributed by atoms with Crippen molar-refractivity contribution in [3.63, 3.8) is 0 Å². The largest absolute Gasteiger partial charge is 0.450 e. The number of carbonyl (C=O) groups is 3. The van der Waals surface area contributed by atoms with E-state index in [1.807, 2.05) is 6.08 Å². The van der Waals surface area contributed by atoms with Crippen LogP contribution in [0.3, 0.4) is 0 Å². The number of allylic oxidation sites excluding steroid dienone is 2. The normalized spacial score (nSPS) is 53.1. The van der Waals surface area contributed by atoms with E-state index in [9.17, 15) is 14.4 Å². The molecule has 9 atom stereocenters. The third kappa shape index (κ3) is 2.01. The first-order chi connectivity index (χ1) is 13.9. The molecule has 1 spiro atoms. The number of hydrogen-bond acceptors (Lipinski definition) is 5. The molecule has 162 valence electrons. The number of Topliss-reactive ketones (excluding diaryl/α,β-unsaturated/α-hetero) is 1. The molecule has 3 saturated carbocycles. The second-order valence-corrected chi connectivity index (χ2v) is 10.9. The van der Waals surface area contributed by atoms with Crippen LogP contribution in [0.15, 0.2) is 23.8 Å². The lowest BCUT2D eigenvalue weighted by atomic mass is 9.45. The van der Waals surface area contributed by atoms with E-state index in [-0.39, 0.29) is 52.4 Å². The molecule has 5 nitrogen and oxygen atoms in total. The summed E-state index contributed by atoms with van der Waals surface area (Å²) in [6, 6.07) is 0. The lowest BCUT2D eigenvalue weighted by Crippen LogP contribution is -2.63. The van der Waals surface area contributed by atoms with Gasteiger partial charge in [-0.25, -0.2) is 0 Å². The molecule has 0 N–H and O–H groups in total. The van der Waals surface area contributed by atoms with Crippen molar-refractivity contribution in [2.45, 2.75) is 78.1 Å². The summed E-state index contributed by atoms with van der Waals surface area (Å²) in [5, 5.41) is 0. The number of rotatable bonds is 2. The van der Waals surface area contributed by atoms with Gasteiger partial charge in [-0.1, -0.05) is 32.4 Å². The van der Waals surface area contributed by atoms with Gasteiger partial charge in [-0.05, 0) is 63.0 Å². The third-order valence-electron chi connectivity index (χ3n) is 9.63. The van der Waals surface area contributed by atoms with Gasteiger partial charge in [-0.3, -0.25) is 14.4 Å². The van der Waals surface area contributed by atoms with E-state index in [2.05, 4.69) is 33.8 Å². The molecule has 1 aliphatic heterocycles. The van der Waals surface area contributed by atoms with Gasteiger partial charge in [0.2, 0.25) is 0 Å². The molecule has 0 aromatic rings. The summed E-state index contributed by atoms with van der Waals surface area (Å²) in [7, 11) is 0. The summed E-state index contributed by atoms with van der Waals surface area (Å²) in [5.41, 5.74) is -0.997. The first kappa shape index (κ1) is 20.2. The van der Waals surface area contributed by atoms with Gasteiger partial charge < -0.3 is 9.47 Å². The van der Waals surface area contributed by atoms with E-state index < -0.39 is 17.0 Å². The van der Waals surface area contributed by atoms with Gasteiger partial charge in [-0.15, -0.1) is 0 Å². The van der Waals surface area contributed by atoms with Gasteiger partial charge in [0, 0.05) is 23.7 Å². The van der Waals surface area contributed by atoms with Gasteiger partial charge in [0.25, 0.3) is 0 Å². The Bertz CT molecular complexity index is 932. The number of ketones is 2. The highest BCUT2D eigenvalue weighted by molar-refractivity contribution is 6.01. The quantitative estimate of drug-likeness (QED) is 0.509. The Labute approximate surface area is 178 Å². The summed E-state index contributed by atoms with van der Waals surface area (Å²) < 4.78 is 12.5. The van der Waals surface area contributed by atoms with Gasteiger partial charge in [-0.2, -0.15) is 0 Å². The van der Waals surface area contributed by atoms with Crippen molar-refractivity contribution in [1.82, 2.24) is 0 Å². The molecule has 0 bridgehead atoms. The Balaban J connectivity index is 1.64. The van der Waals surface area contributed by atoms with E-state index in [0.717, 1.165) is 12.8 Å². The minimum absolute atomic E-state index is 0.00193. The van der Waals surface area contributed by atoms with E-state index in [1.165, 1.54) is 12.5 Å². The summed E-state index contributed by atoms with van der Waals surface area (Å²) in [6.07, 6.45) is 8.05. The van der Waals surface area contributed by atoms with Crippen LogP contribution in [0.2, 0.25) is 0 Å². The van der Waals surface area contributed by atoms with E-state index in [1.54, 1.807) is 13.0 Å². The molecule has 0 aromatic heterocycles. The number of esters is 1. The molecule has 0 amide bonds.